The maximum absolute atomic E-state index is 11.1. The van der Waals surface area contributed by atoms with Crippen LogP contribution < -0.4 is 0 Å². The third-order valence-corrected chi connectivity index (χ3v) is 4.75. The maximum Gasteiger partial charge on any atom is 0.312 e. The highest BCUT2D eigenvalue weighted by Crippen LogP contribution is 2.37. The molecule has 0 atom stereocenters. The summed E-state index contributed by atoms with van der Waals surface area (Å²) in [4.78, 5) is 15.1. The number of nitro benzene ring substituents is 1. The third-order valence-electron chi connectivity index (χ3n) is 4.30. The molecule has 1 N–H and O–H groups in total. The van der Waals surface area contributed by atoms with Gasteiger partial charge in [-0.15, -0.1) is 0 Å². The molecule has 0 saturated carbocycles. The first-order valence-electron chi connectivity index (χ1n) is 8.66. The SMILES string of the molecule is CC(C)(C)c1ccc(C(C)(C)C)c(N=Cc2cc(Br)cc([N+](=O)[O-])c2O)c1. The minimum Gasteiger partial charge on any atom is -0.502 e. The van der Waals surface area contributed by atoms with E-state index in [0.717, 1.165) is 16.8 Å². The van der Waals surface area contributed by atoms with Gasteiger partial charge in [0.15, 0.2) is 0 Å². The van der Waals surface area contributed by atoms with Gasteiger partial charge in [0.1, 0.15) is 0 Å². The number of hydrogen-bond donors (Lipinski definition) is 1. The quantitative estimate of drug-likeness (QED) is 0.345. The number of rotatable bonds is 3. The van der Waals surface area contributed by atoms with Crippen molar-refractivity contribution in [2.24, 2.45) is 4.99 Å². The van der Waals surface area contributed by atoms with Crippen LogP contribution in [0.5, 0.6) is 5.75 Å². The number of aromatic hydroxyl groups is 1. The molecular formula is C21H25BrN2O3. The highest BCUT2D eigenvalue weighted by atomic mass is 79.9. The van der Waals surface area contributed by atoms with E-state index < -0.39 is 10.7 Å². The molecule has 0 heterocycles. The molecule has 0 bridgehead atoms. The number of phenolic OH excluding ortho intramolecular Hbond substituents is 1. The van der Waals surface area contributed by atoms with Gasteiger partial charge in [0.2, 0.25) is 5.75 Å². The van der Waals surface area contributed by atoms with Crippen molar-refractivity contribution < 1.29 is 10.0 Å². The summed E-state index contributed by atoms with van der Waals surface area (Å²) in [5.74, 6) is -0.392. The summed E-state index contributed by atoms with van der Waals surface area (Å²) in [6.45, 7) is 12.7. The van der Waals surface area contributed by atoms with Crippen molar-refractivity contribution in [3.63, 3.8) is 0 Å². The fourth-order valence-corrected chi connectivity index (χ4v) is 3.18. The van der Waals surface area contributed by atoms with Crippen molar-refractivity contribution in [3.8, 4) is 5.75 Å². The molecule has 0 aromatic heterocycles. The molecule has 2 aromatic rings. The van der Waals surface area contributed by atoms with Gasteiger partial charge < -0.3 is 5.11 Å². The fourth-order valence-electron chi connectivity index (χ4n) is 2.72. The first-order chi connectivity index (χ1) is 12.3. The minimum atomic E-state index is -0.613. The molecule has 0 unspecified atom stereocenters. The van der Waals surface area contributed by atoms with Crippen LogP contribution in [0.2, 0.25) is 0 Å². The van der Waals surface area contributed by atoms with Crippen LogP contribution >= 0.6 is 15.9 Å². The van der Waals surface area contributed by atoms with Gasteiger partial charge in [-0.1, -0.05) is 69.6 Å². The smallest absolute Gasteiger partial charge is 0.312 e. The molecule has 0 spiro atoms. The maximum atomic E-state index is 11.1. The van der Waals surface area contributed by atoms with Crippen molar-refractivity contribution in [1.82, 2.24) is 0 Å². The van der Waals surface area contributed by atoms with Gasteiger partial charge in [-0.2, -0.15) is 0 Å². The predicted octanol–water partition coefficient (Wildman–Crippen LogP) is 6.41. The van der Waals surface area contributed by atoms with Crippen LogP contribution in [0.15, 0.2) is 39.8 Å². The van der Waals surface area contributed by atoms with Gasteiger partial charge >= 0.3 is 5.69 Å². The van der Waals surface area contributed by atoms with Gasteiger partial charge in [-0.25, -0.2) is 0 Å². The number of phenols is 1. The van der Waals surface area contributed by atoms with Gasteiger partial charge in [0, 0.05) is 22.3 Å². The molecule has 0 amide bonds. The molecule has 2 aromatic carbocycles. The van der Waals surface area contributed by atoms with Crippen LogP contribution in [-0.2, 0) is 10.8 Å². The molecule has 0 saturated heterocycles. The molecule has 144 valence electrons. The van der Waals surface area contributed by atoms with Crippen LogP contribution in [0.1, 0.15) is 58.2 Å². The minimum absolute atomic E-state index is 0.0304. The molecular weight excluding hydrogens is 408 g/mol. The van der Waals surface area contributed by atoms with Gasteiger partial charge in [0.05, 0.1) is 10.6 Å². The van der Waals surface area contributed by atoms with E-state index in [1.54, 1.807) is 6.07 Å². The summed E-state index contributed by atoms with van der Waals surface area (Å²) in [6, 6.07) is 9.11. The Morgan fingerprint density at radius 3 is 2.22 bits per heavy atom. The standard InChI is InChI=1S/C21H25BrN2O3/c1-20(2,3)14-7-8-16(21(4,5)6)17(10-14)23-12-13-9-15(22)11-18(19(13)25)24(26)27/h7-12,25H,1-6H3. The topological polar surface area (TPSA) is 75.7 Å². The molecule has 0 aliphatic carbocycles. The lowest BCUT2D eigenvalue weighted by atomic mass is 9.81. The van der Waals surface area contributed by atoms with E-state index in [4.69, 9.17) is 0 Å². The molecule has 6 heteroatoms. The predicted molar refractivity (Wildman–Crippen MR) is 114 cm³/mol. The van der Waals surface area contributed by atoms with E-state index in [2.05, 4.69) is 74.6 Å². The Morgan fingerprint density at radius 2 is 1.70 bits per heavy atom. The Morgan fingerprint density at radius 1 is 1.07 bits per heavy atom. The number of halogens is 1. The van der Waals surface area contributed by atoms with Gasteiger partial charge in [-0.3, -0.25) is 15.1 Å². The van der Waals surface area contributed by atoms with E-state index in [-0.39, 0.29) is 22.1 Å². The Labute approximate surface area is 168 Å². The number of aliphatic imine (C=N–C) groups is 1. The van der Waals surface area contributed by atoms with E-state index in [1.807, 2.05) is 6.07 Å². The monoisotopic (exact) mass is 432 g/mol. The summed E-state index contributed by atoms with van der Waals surface area (Å²) in [5, 5.41) is 21.3. The first-order valence-corrected chi connectivity index (χ1v) is 9.46. The molecule has 0 aliphatic heterocycles. The summed E-state index contributed by atoms with van der Waals surface area (Å²) in [7, 11) is 0. The van der Waals surface area contributed by atoms with Crippen LogP contribution in [0, 0.1) is 10.1 Å². The van der Waals surface area contributed by atoms with E-state index in [1.165, 1.54) is 12.3 Å². The summed E-state index contributed by atoms with van der Waals surface area (Å²) < 4.78 is 0.507. The van der Waals surface area contributed by atoms with Gasteiger partial charge in [0.25, 0.3) is 0 Å². The average molecular weight is 433 g/mol. The second-order valence-corrected chi connectivity index (χ2v) is 9.53. The molecule has 2 rings (SSSR count). The van der Waals surface area contributed by atoms with Crippen LogP contribution in [0.4, 0.5) is 11.4 Å². The lowest BCUT2D eigenvalue weighted by Crippen LogP contribution is -2.15. The zero-order valence-electron chi connectivity index (χ0n) is 16.5. The number of nitro groups is 1. The summed E-state index contributed by atoms with van der Waals surface area (Å²) >= 11 is 3.25. The lowest BCUT2D eigenvalue weighted by Gasteiger charge is -2.25. The fraction of sp³-hybridized carbons (Fsp3) is 0.381. The summed E-state index contributed by atoms with van der Waals surface area (Å²) in [6.07, 6.45) is 1.48. The average Bonchev–Trinajstić information content (AvgIpc) is 2.53. The lowest BCUT2D eigenvalue weighted by molar-refractivity contribution is -0.385. The van der Waals surface area contributed by atoms with Crippen LogP contribution in [0.3, 0.4) is 0 Å². The highest BCUT2D eigenvalue weighted by molar-refractivity contribution is 9.10. The Bertz CT molecular complexity index is 907. The zero-order chi connectivity index (χ0) is 20.6. The molecule has 27 heavy (non-hydrogen) atoms. The van der Waals surface area contributed by atoms with E-state index >= 15 is 0 Å². The van der Waals surface area contributed by atoms with Crippen molar-refractivity contribution in [1.29, 1.82) is 0 Å². The Kier molecular flexibility index (Phi) is 5.80. The molecule has 0 radical (unpaired) electrons. The third kappa shape index (κ3) is 4.95. The molecule has 5 nitrogen and oxygen atoms in total. The highest BCUT2D eigenvalue weighted by Gasteiger charge is 2.22. The van der Waals surface area contributed by atoms with Crippen LogP contribution in [-0.4, -0.2) is 16.2 Å². The van der Waals surface area contributed by atoms with Crippen molar-refractivity contribution in [2.45, 2.75) is 52.4 Å². The van der Waals surface area contributed by atoms with E-state index in [9.17, 15) is 15.2 Å². The Hall–Kier alpha value is -2.21. The van der Waals surface area contributed by atoms with Crippen molar-refractivity contribution >= 4 is 33.5 Å². The van der Waals surface area contributed by atoms with Crippen LogP contribution in [0.25, 0.3) is 0 Å². The molecule has 0 fully saturated rings. The number of nitrogens with zero attached hydrogens (tertiary/aromatic N) is 2. The van der Waals surface area contributed by atoms with Gasteiger partial charge in [-0.05, 0) is 34.1 Å². The first kappa shape index (κ1) is 21.1. The number of benzene rings is 2. The second kappa shape index (κ2) is 7.43. The zero-order valence-corrected chi connectivity index (χ0v) is 18.1. The Balaban J connectivity index is 2.61. The van der Waals surface area contributed by atoms with Crippen molar-refractivity contribution in [3.05, 3.63) is 61.6 Å². The number of hydrogen-bond acceptors (Lipinski definition) is 4. The van der Waals surface area contributed by atoms with E-state index in [0.29, 0.717) is 4.47 Å². The molecule has 0 aliphatic rings. The normalized spacial score (nSPS) is 12.6. The largest absolute Gasteiger partial charge is 0.502 e. The second-order valence-electron chi connectivity index (χ2n) is 8.61. The van der Waals surface area contributed by atoms with Crippen molar-refractivity contribution in [2.75, 3.05) is 0 Å². The summed E-state index contributed by atoms with van der Waals surface area (Å²) in [5.41, 5.74) is 2.79.